The number of aromatic hydroxyl groups is 1. The van der Waals surface area contributed by atoms with E-state index in [0.717, 1.165) is 10.9 Å². The zero-order valence-electron chi connectivity index (χ0n) is 9.27. The molecule has 0 saturated carbocycles. The number of benzene rings is 1. The maximum absolute atomic E-state index is 11.9. The van der Waals surface area contributed by atoms with Gasteiger partial charge in [-0.25, -0.2) is 13.1 Å². The lowest BCUT2D eigenvalue weighted by molar-refractivity contribution is 0.477. The highest BCUT2D eigenvalue weighted by Crippen LogP contribution is 2.23. The quantitative estimate of drug-likeness (QED) is 0.495. The normalized spacial score (nSPS) is 11.4. The van der Waals surface area contributed by atoms with E-state index in [-0.39, 0.29) is 22.3 Å². The average molecular weight is 270 g/mol. The largest absolute Gasteiger partial charge is 0.506 e. The molecule has 1 aromatic carbocycles. The number of sulfonamides is 1. The van der Waals surface area contributed by atoms with Crippen molar-refractivity contribution in [1.82, 2.24) is 20.2 Å². The highest BCUT2D eigenvalue weighted by molar-refractivity contribution is 7.92. The van der Waals surface area contributed by atoms with E-state index < -0.39 is 10.0 Å². The minimum absolute atomic E-state index is 0.0371. The van der Waals surface area contributed by atoms with Gasteiger partial charge >= 0.3 is 0 Å². The molecule has 18 heavy (non-hydrogen) atoms. The van der Waals surface area contributed by atoms with E-state index in [0.29, 0.717) is 0 Å². The van der Waals surface area contributed by atoms with Crippen LogP contribution in [0.25, 0.3) is 0 Å². The van der Waals surface area contributed by atoms with Gasteiger partial charge in [0.05, 0.1) is 17.6 Å². The SMILES string of the molecule is Cn1nnc(NS(=O)(=O)c2ccc(O)c(N)c2)n1. The van der Waals surface area contributed by atoms with Crippen LogP contribution in [-0.2, 0) is 17.1 Å². The molecular weight excluding hydrogens is 260 g/mol. The van der Waals surface area contributed by atoms with E-state index in [4.69, 9.17) is 5.73 Å². The monoisotopic (exact) mass is 270 g/mol. The minimum Gasteiger partial charge on any atom is -0.506 e. The van der Waals surface area contributed by atoms with Gasteiger partial charge < -0.3 is 10.8 Å². The summed E-state index contributed by atoms with van der Waals surface area (Å²) in [6.45, 7) is 0. The molecule has 0 radical (unpaired) electrons. The smallest absolute Gasteiger partial charge is 0.277 e. The molecule has 0 bridgehead atoms. The molecule has 2 rings (SSSR count). The predicted molar refractivity (Wildman–Crippen MR) is 62.1 cm³/mol. The van der Waals surface area contributed by atoms with Crippen molar-refractivity contribution < 1.29 is 13.5 Å². The van der Waals surface area contributed by atoms with Gasteiger partial charge in [0.25, 0.3) is 16.0 Å². The summed E-state index contributed by atoms with van der Waals surface area (Å²) in [6.07, 6.45) is 0. The lowest BCUT2D eigenvalue weighted by Crippen LogP contribution is -2.14. The third-order valence-electron chi connectivity index (χ3n) is 2.04. The van der Waals surface area contributed by atoms with Crippen LogP contribution < -0.4 is 10.5 Å². The fourth-order valence-corrected chi connectivity index (χ4v) is 2.17. The van der Waals surface area contributed by atoms with E-state index >= 15 is 0 Å². The number of nitrogens with two attached hydrogens (primary N) is 1. The summed E-state index contributed by atoms with van der Waals surface area (Å²) in [5.41, 5.74) is 5.39. The fourth-order valence-electron chi connectivity index (χ4n) is 1.20. The molecule has 1 heterocycles. The Labute approximate surface area is 102 Å². The van der Waals surface area contributed by atoms with E-state index in [1.165, 1.54) is 19.2 Å². The lowest BCUT2D eigenvalue weighted by atomic mass is 10.3. The van der Waals surface area contributed by atoms with Crippen LogP contribution in [0.5, 0.6) is 5.75 Å². The number of aryl methyl sites for hydroxylation is 1. The van der Waals surface area contributed by atoms with Crippen molar-refractivity contribution in [2.75, 3.05) is 10.5 Å². The summed E-state index contributed by atoms with van der Waals surface area (Å²) in [5, 5.41) is 19.9. The molecule has 0 aliphatic heterocycles. The van der Waals surface area contributed by atoms with Gasteiger partial charge in [0.2, 0.25) is 0 Å². The third-order valence-corrected chi connectivity index (χ3v) is 3.37. The number of nitrogens with one attached hydrogen (secondary N) is 1. The number of phenolic OH excluding ortho intramolecular Hbond substituents is 1. The summed E-state index contributed by atoms with van der Waals surface area (Å²) in [6, 6.07) is 3.53. The van der Waals surface area contributed by atoms with Crippen molar-refractivity contribution in [3.05, 3.63) is 18.2 Å². The number of hydrogen-bond donors (Lipinski definition) is 3. The number of tetrazole rings is 1. The molecule has 1 aromatic heterocycles. The maximum Gasteiger partial charge on any atom is 0.277 e. The standard InChI is InChI=1S/C8H10N6O3S/c1-14-11-8(10-13-14)12-18(16,17)5-2-3-7(15)6(9)4-5/h2-4,15H,9H2,1H3,(H,11,12). The van der Waals surface area contributed by atoms with E-state index in [9.17, 15) is 13.5 Å². The first kappa shape index (κ1) is 12.1. The zero-order chi connectivity index (χ0) is 13.3. The molecule has 96 valence electrons. The topological polar surface area (TPSA) is 136 Å². The molecule has 0 aliphatic rings. The van der Waals surface area contributed by atoms with Gasteiger partial charge in [0.15, 0.2) is 0 Å². The molecule has 10 heteroatoms. The molecule has 0 fully saturated rings. The number of hydrogen-bond acceptors (Lipinski definition) is 7. The second-order valence-electron chi connectivity index (χ2n) is 3.43. The van der Waals surface area contributed by atoms with Crippen molar-refractivity contribution >= 4 is 21.7 Å². The van der Waals surface area contributed by atoms with Crippen molar-refractivity contribution in [1.29, 1.82) is 0 Å². The Morgan fingerprint density at radius 1 is 1.44 bits per heavy atom. The Bertz CT molecular complexity index is 680. The minimum atomic E-state index is -3.86. The predicted octanol–water partition coefficient (Wildman–Crippen LogP) is -0.701. The molecule has 2 aromatic rings. The summed E-state index contributed by atoms with van der Waals surface area (Å²) in [4.78, 5) is 1.01. The number of rotatable bonds is 3. The molecule has 0 atom stereocenters. The van der Waals surface area contributed by atoms with Crippen LogP contribution in [0.1, 0.15) is 0 Å². The lowest BCUT2D eigenvalue weighted by Gasteiger charge is -2.05. The summed E-state index contributed by atoms with van der Waals surface area (Å²) < 4.78 is 25.9. The molecule has 4 N–H and O–H groups in total. The highest BCUT2D eigenvalue weighted by Gasteiger charge is 2.17. The second-order valence-corrected chi connectivity index (χ2v) is 5.11. The van der Waals surface area contributed by atoms with Gasteiger partial charge in [-0.05, 0) is 23.4 Å². The van der Waals surface area contributed by atoms with E-state index in [1.807, 2.05) is 0 Å². The van der Waals surface area contributed by atoms with Gasteiger partial charge in [-0.15, -0.1) is 5.10 Å². The first-order valence-electron chi connectivity index (χ1n) is 4.74. The Morgan fingerprint density at radius 2 is 2.17 bits per heavy atom. The van der Waals surface area contributed by atoms with Crippen molar-refractivity contribution in [3.63, 3.8) is 0 Å². The number of phenols is 1. The zero-order valence-corrected chi connectivity index (χ0v) is 10.1. The molecule has 0 unspecified atom stereocenters. The molecule has 0 saturated heterocycles. The van der Waals surface area contributed by atoms with Crippen molar-refractivity contribution in [3.8, 4) is 5.75 Å². The Morgan fingerprint density at radius 3 is 2.72 bits per heavy atom. The van der Waals surface area contributed by atoms with Gasteiger partial charge in [-0.3, -0.25) is 0 Å². The van der Waals surface area contributed by atoms with Crippen molar-refractivity contribution in [2.24, 2.45) is 7.05 Å². The van der Waals surface area contributed by atoms with Crippen molar-refractivity contribution in [2.45, 2.75) is 4.90 Å². The van der Waals surface area contributed by atoms with Crippen LogP contribution in [0.2, 0.25) is 0 Å². The Balaban J connectivity index is 2.33. The Hall–Kier alpha value is -2.36. The first-order chi connectivity index (χ1) is 8.38. The molecular formula is C8H10N6O3S. The van der Waals surface area contributed by atoms with E-state index in [1.54, 1.807) is 0 Å². The molecule has 9 nitrogen and oxygen atoms in total. The van der Waals surface area contributed by atoms with Crippen LogP contribution >= 0.6 is 0 Å². The number of nitrogen functional groups attached to an aromatic ring is 1. The van der Waals surface area contributed by atoms with Crippen LogP contribution in [-0.4, -0.2) is 33.7 Å². The Kier molecular flexibility index (Phi) is 2.79. The number of nitrogens with zero attached hydrogens (tertiary/aromatic N) is 4. The van der Waals surface area contributed by atoms with Crippen LogP contribution in [0.3, 0.4) is 0 Å². The third kappa shape index (κ3) is 2.32. The number of aromatic nitrogens is 4. The van der Waals surface area contributed by atoms with Crippen LogP contribution in [0.15, 0.2) is 23.1 Å². The van der Waals surface area contributed by atoms with Gasteiger partial charge in [0.1, 0.15) is 5.75 Å². The van der Waals surface area contributed by atoms with E-state index in [2.05, 4.69) is 20.1 Å². The fraction of sp³-hybridized carbons (Fsp3) is 0.125. The number of anilines is 2. The van der Waals surface area contributed by atoms with Gasteiger partial charge in [-0.1, -0.05) is 5.10 Å². The molecule has 0 aliphatic carbocycles. The average Bonchev–Trinajstić information content (AvgIpc) is 2.67. The van der Waals surface area contributed by atoms with Crippen LogP contribution in [0, 0.1) is 0 Å². The molecule has 0 amide bonds. The first-order valence-corrected chi connectivity index (χ1v) is 6.22. The van der Waals surface area contributed by atoms with Crippen LogP contribution in [0.4, 0.5) is 11.6 Å². The summed E-state index contributed by atoms with van der Waals surface area (Å²) in [7, 11) is -2.36. The summed E-state index contributed by atoms with van der Waals surface area (Å²) in [5.74, 6) is -0.337. The highest BCUT2D eigenvalue weighted by atomic mass is 32.2. The maximum atomic E-state index is 11.9. The summed E-state index contributed by atoms with van der Waals surface area (Å²) >= 11 is 0. The van der Waals surface area contributed by atoms with Gasteiger partial charge in [-0.2, -0.15) is 4.80 Å². The second kappa shape index (κ2) is 4.14. The molecule has 0 spiro atoms. The van der Waals surface area contributed by atoms with Gasteiger partial charge in [0, 0.05) is 0 Å².